The third-order valence-electron chi connectivity index (χ3n) is 2.32. The number of benzene rings is 2. The number of hydrogen-bond acceptors (Lipinski definition) is 9. The minimum Gasteiger partial charge on any atom is -0.716 e. The van der Waals surface area contributed by atoms with Gasteiger partial charge in [0.05, 0.1) is 0 Å². The molecule has 10 heteroatoms. The van der Waals surface area contributed by atoms with Crippen molar-refractivity contribution in [1.82, 2.24) is 0 Å². The van der Waals surface area contributed by atoms with Crippen molar-refractivity contribution in [3.63, 3.8) is 0 Å². The fourth-order valence-electron chi connectivity index (χ4n) is 1.59. The lowest BCUT2D eigenvalue weighted by Gasteiger charge is -2.13. The lowest BCUT2D eigenvalue weighted by Crippen LogP contribution is -2.07. The van der Waals surface area contributed by atoms with E-state index in [0.717, 1.165) is 30.3 Å². The second-order valence-electron chi connectivity index (χ2n) is 4.07. The van der Waals surface area contributed by atoms with E-state index in [0.29, 0.717) is 0 Å². The van der Waals surface area contributed by atoms with Crippen LogP contribution in [0.15, 0.2) is 30.3 Å². The summed E-state index contributed by atoms with van der Waals surface area (Å²) in [6.45, 7) is 0. The van der Waals surface area contributed by atoms with E-state index in [1.807, 2.05) is 0 Å². The summed E-state index contributed by atoms with van der Waals surface area (Å²) in [5, 5.41) is 37.7. The molecule has 4 N–H and O–H groups in total. The molecule has 0 saturated heterocycles. The molecule has 2 aromatic rings. The van der Waals surface area contributed by atoms with Gasteiger partial charge in [-0.2, -0.15) is 0 Å². The SMILES string of the molecule is O=S(=O)([O-])Oc1cc(O)cc(Oc2c(O)cc(O)cc2O)c1. The Labute approximate surface area is 124 Å². The van der Waals surface area contributed by atoms with Crippen molar-refractivity contribution in [3.8, 4) is 40.2 Å². The van der Waals surface area contributed by atoms with E-state index in [2.05, 4.69) is 4.18 Å². The molecule has 0 saturated carbocycles. The molecule has 0 aliphatic heterocycles. The van der Waals surface area contributed by atoms with Gasteiger partial charge >= 0.3 is 0 Å². The average Bonchev–Trinajstić information content (AvgIpc) is 2.30. The fourth-order valence-corrected chi connectivity index (χ4v) is 1.92. The zero-order valence-corrected chi connectivity index (χ0v) is 11.4. The first kappa shape index (κ1) is 15.5. The highest BCUT2D eigenvalue weighted by atomic mass is 32.3. The maximum atomic E-state index is 10.5. The van der Waals surface area contributed by atoms with Gasteiger partial charge in [-0.05, 0) is 0 Å². The van der Waals surface area contributed by atoms with Gasteiger partial charge in [0.2, 0.25) is 5.75 Å². The van der Waals surface area contributed by atoms with Gasteiger partial charge in [-0.1, -0.05) is 0 Å². The van der Waals surface area contributed by atoms with E-state index in [9.17, 15) is 28.3 Å². The van der Waals surface area contributed by atoms with Crippen molar-refractivity contribution in [2.75, 3.05) is 0 Å². The van der Waals surface area contributed by atoms with Crippen molar-refractivity contribution in [3.05, 3.63) is 30.3 Å². The molecule has 2 rings (SSSR count). The molecule has 0 radical (unpaired) electrons. The molecule has 0 bridgehead atoms. The van der Waals surface area contributed by atoms with E-state index in [1.165, 1.54) is 0 Å². The molecular formula is C12H9O9S-. The zero-order chi connectivity index (χ0) is 16.5. The van der Waals surface area contributed by atoms with Crippen molar-refractivity contribution < 1.29 is 42.3 Å². The normalized spacial score (nSPS) is 11.1. The van der Waals surface area contributed by atoms with E-state index in [1.54, 1.807) is 0 Å². The molecule has 2 aromatic carbocycles. The molecule has 9 nitrogen and oxygen atoms in total. The highest BCUT2D eigenvalue weighted by Crippen LogP contribution is 2.42. The number of phenolic OH excluding ortho intramolecular Hbond substituents is 4. The van der Waals surface area contributed by atoms with Crippen LogP contribution in [0, 0.1) is 0 Å². The molecule has 0 heterocycles. The maximum absolute atomic E-state index is 10.5. The van der Waals surface area contributed by atoms with Gasteiger partial charge in [-0.15, -0.1) is 0 Å². The minimum absolute atomic E-state index is 0.241. The van der Waals surface area contributed by atoms with Gasteiger partial charge in [0.15, 0.2) is 11.5 Å². The van der Waals surface area contributed by atoms with Gasteiger partial charge in [-0.3, -0.25) is 0 Å². The lowest BCUT2D eigenvalue weighted by molar-refractivity contribution is 0.360. The Morgan fingerprint density at radius 3 is 1.86 bits per heavy atom. The molecule has 0 amide bonds. The number of hydrogen-bond donors (Lipinski definition) is 4. The van der Waals surface area contributed by atoms with Gasteiger partial charge in [-0.25, -0.2) is 8.42 Å². The fraction of sp³-hybridized carbons (Fsp3) is 0. The average molecular weight is 329 g/mol. The Morgan fingerprint density at radius 2 is 1.32 bits per heavy atom. The van der Waals surface area contributed by atoms with Crippen LogP contribution in [0.4, 0.5) is 0 Å². The minimum atomic E-state index is -5.05. The molecule has 118 valence electrons. The van der Waals surface area contributed by atoms with Crippen molar-refractivity contribution >= 4 is 10.4 Å². The zero-order valence-electron chi connectivity index (χ0n) is 10.6. The number of rotatable bonds is 4. The summed E-state index contributed by atoms with van der Waals surface area (Å²) in [6.07, 6.45) is 0. The summed E-state index contributed by atoms with van der Waals surface area (Å²) in [7, 11) is -5.05. The topological polar surface area (TPSA) is 157 Å². The molecule has 0 spiro atoms. The molecule has 0 aliphatic carbocycles. The van der Waals surface area contributed by atoms with Crippen LogP contribution in [0.2, 0.25) is 0 Å². The standard InChI is InChI=1S/C12H10O9S/c13-6-1-8(5-9(2-6)21-22(17,18)19)20-12-10(15)3-7(14)4-11(12)16/h1-5,13-16H,(H,17,18,19)/p-1. The van der Waals surface area contributed by atoms with Crippen molar-refractivity contribution in [2.24, 2.45) is 0 Å². The third-order valence-corrected chi connectivity index (χ3v) is 2.71. The largest absolute Gasteiger partial charge is 0.716 e. The smallest absolute Gasteiger partial charge is 0.262 e. The molecule has 0 unspecified atom stereocenters. The van der Waals surface area contributed by atoms with Crippen LogP contribution in [-0.4, -0.2) is 33.4 Å². The molecule has 0 aliphatic rings. The Balaban J connectivity index is 2.38. The van der Waals surface area contributed by atoms with E-state index in [4.69, 9.17) is 9.84 Å². The highest BCUT2D eigenvalue weighted by Gasteiger charge is 2.14. The summed E-state index contributed by atoms with van der Waals surface area (Å²) >= 11 is 0. The van der Waals surface area contributed by atoms with Crippen LogP contribution in [0.1, 0.15) is 0 Å². The second kappa shape index (κ2) is 5.50. The van der Waals surface area contributed by atoms with Gasteiger partial charge in [0.1, 0.15) is 23.0 Å². The summed E-state index contributed by atoms with van der Waals surface area (Å²) in [6, 6.07) is 4.56. The lowest BCUT2D eigenvalue weighted by atomic mass is 10.2. The van der Waals surface area contributed by atoms with Crippen molar-refractivity contribution in [1.29, 1.82) is 0 Å². The second-order valence-corrected chi connectivity index (χ2v) is 5.05. The molecule has 0 fully saturated rings. The maximum Gasteiger partial charge on any atom is 0.262 e. The first-order chi connectivity index (χ1) is 10.1. The van der Waals surface area contributed by atoms with E-state index >= 15 is 0 Å². The molecule has 0 aromatic heterocycles. The molecule has 22 heavy (non-hydrogen) atoms. The number of ether oxygens (including phenoxy) is 1. The summed E-state index contributed by atoms with van der Waals surface area (Å²) in [4.78, 5) is 0. The number of phenols is 4. The predicted octanol–water partition coefficient (Wildman–Crippen LogP) is 1.14. The van der Waals surface area contributed by atoms with Crippen LogP contribution >= 0.6 is 0 Å². The third kappa shape index (κ3) is 3.84. The van der Waals surface area contributed by atoms with Gasteiger partial charge in [0, 0.05) is 30.3 Å². The summed E-state index contributed by atoms with van der Waals surface area (Å²) in [5.41, 5.74) is 0. The van der Waals surface area contributed by atoms with Crippen LogP contribution in [0.3, 0.4) is 0 Å². The Kier molecular flexibility index (Phi) is 3.89. The van der Waals surface area contributed by atoms with E-state index < -0.39 is 44.9 Å². The molecule has 0 atom stereocenters. The molecular weight excluding hydrogens is 320 g/mol. The highest BCUT2D eigenvalue weighted by molar-refractivity contribution is 7.81. The summed E-state index contributed by atoms with van der Waals surface area (Å²) < 4.78 is 40.7. The predicted molar refractivity (Wildman–Crippen MR) is 69.9 cm³/mol. The quantitative estimate of drug-likeness (QED) is 0.477. The first-order valence-corrected chi connectivity index (χ1v) is 6.89. The van der Waals surface area contributed by atoms with Crippen LogP contribution < -0.4 is 8.92 Å². The Bertz CT molecular complexity index is 790. The van der Waals surface area contributed by atoms with Crippen molar-refractivity contribution in [2.45, 2.75) is 0 Å². The Morgan fingerprint density at radius 1 is 0.818 bits per heavy atom. The Hall–Kier alpha value is -2.85. The van der Waals surface area contributed by atoms with Gasteiger partial charge in [0.25, 0.3) is 10.4 Å². The first-order valence-electron chi connectivity index (χ1n) is 5.56. The monoisotopic (exact) mass is 329 g/mol. The number of aromatic hydroxyl groups is 4. The van der Waals surface area contributed by atoms with Gasteiger partial charge < -0.3 is 33.9 Å². The van der Waals surface area contributed by atoms with Crippen LogP contribution in [-0.2, 0) is 10.4 Å². The summed E-state index contributed by atoms with van der Waals surface area (Å²) in [5.74, 6) is -3.36. The van der Waals surface area contributed by atoms with Crippen LogP contribution in [0.5, 0.6) is 40.2 Å². The van der Waals surface area contributed by atoms with Crippen LogP contribution in [0.25, 0.3) is 0 Å². The van der Waals surface area contributed by atoms with E-state index in [-0.39, 0.29) is 5.75 Å².